The summed E-state index contributed by atoms with van der Waals surface area (Å²) in [6, 6.07) is 5.79. The number of hydrogen-bond acceptors (Lipinski definition) is 3. The van der Waals surface area contributed by atoms with E-state index in [1.165, 1.54) is 31.2 Å². The zero-order chi connectivity index (χ0) is 12.4. The van der Waals surface area contributed by atoms with E-state index in [-0.39, 0.29) is 6.10 Å². The van der Waals surface area contributed by atoms with Crippen LogP contribution in [0.1, 0.15) is 31.2 Å². The molecule has 1 aliphatic carbocycles. The topological polar surface area (TPSA) is 30.5 Å². The van der Waals surface area contributed by atoms with Crippen LogP contribution in [0.3, 0.4) is 0 Å². The molecule has 1 fully saturated rings. The number of benzene rings is 1. The highest BCUT2D eigenvalue weighted by molar-refractivity contribution is 6.30. The summed E-state index contributed by atoms with van der Waals surface area (Å²) in [6.45, 7) is 0.725. The van der Waals surface area contributed by atoms with Crippen molar-refractivity contribution in [3.8, 4) is 5.75 Å². The second-order valence-corrected chi connectivity index (χ2v) is 5.51. The molecule has 98 valence electrons. The Kier molecular flexibility index (Phi) is 3.73. The lowest BCUT2D eigenvalue weighted by Gasteiger charge is -2.15. The van der Waals surface area contributed by atoms with Crippen LogP contribution < -0.4 is 10.2 Å². The molecule has 1 heterocycles. The molecule has 1 unspecified atom stereocenters. The largest absolute Gasteiger partial charge is 0.488 e. The van der Waals surface area contributed by atoms with Crippen molar-refractivity contribution in [2.45, 2.75) is 44.3 Å². The van der Waals surface area contributed by atoms with Crippen molar-refractivity contribution in [3.63, 3.8) is 0 Å². The van der Waals surface area contributed by atoms with Gasteiger partial charge in [-0.15, -0.1) is 0 Å². The molecule has 1 aromatic rings. The number of nitrogens with one attached hydrogen (secondary N) is 1. The van der Waals surface area contributed by atoms with E-state index in [4.69, 9.17) is 21.2 Å². The van der Waals surface area contributed by atoms with E-state index < -0.39 is 0 Å². The maximum absolute atomic E-state index is 5.97. The molecule has 1 atom stereocenters. The van der Waals surface area contributed by atoms with E-state index >= 15 is 0 Å². The summed E-state index contributed by atoms with van der Waals surface area (Å²) in [6.07, 6.45) is 6.37. The van der Waals surface area contributed by atoms with Gasteiger partial charge in [0.2, 0.25) is 0 Å². The normalized spacial score (nSPS) is 23.1. The summed E-state index contributed by atoms with van der Waals surface area (Å²) in [5.41, 5.74) is 4.25. The van der Waals surface area contributed by atoms with E-state index in [2.05, 4.69) is 5.48 Å². The first kappa shape index (κ1) is 12.3. The summed E-state index contributed by atoms with van der Waals surface area (Å²) in [5.74, 6) is 0.951. The fourth-order valence-corrected chi connectivity index (χ4v) is 2.86. The van der Waals surface area contributed by atoms with Gasteiger partial charge in [0.15, 0.2) is 0 Å². The Balaban J connectivity index is 1.46. The summed E-state index contributed by atoms with van der Waals surface area (Å²) in [7, 11) is 0. The van der Waals surface area contributed by atoms with E-state index in [0.717, 1.165) is 23.7 Å². The monoisotopic (exact) mass is 267 g/mol. The maximum atomic E-state index is 5.97. The summed E-state index contributed by atoms with van der Waals surface area (Å²) in [4.78, 5) is 5.63. The van der Waals surface area contributed by atoms with Gasteiger partial charge in [-0.2, -0.15) is 5.48 Å². The van der Waals surface area contributed by atoms with Crippen LogP contribution in [0.25, 0.3) is 0 Å². The Labute approximate surface area is 112 Å². The SMILES string of the molecule is Clc1ccc2c(c1)CC(CNOC1CCCC1)O2. The predicted molar refractivity (Wildman–Crippen MR) is 70.9 cm³/mol. The van der Waals surface area contributed by atoms with Gasteiger partial charge in [0, 0.05) is 11.4 Å². The third kappa shape index (κ3) is 2.79. The van der Waals surface area contributed by atoms with Crippen LogP contribution >= 0.6 is 11.6 Å². The number of fused-ring (bicyclic) bond motifs is 1. The lowest BCUT2D eigenvalue weighted by Crippen LogP contribution is -2.32. The zero-order valence-electron chi connectivity index (χ0n) is 10.3. The molecule has 1 aromatic carbocycles. The first-order valence-corrected chi connectivity index (χ1v) is 7.02. The van der Waals surface area contributed by atoms with Crippen molar-refractivity contribution in [1.29, 1.82) is 0 Å². The minimum Gasteiger partial charge on any atom is -0.488 e. The molecule has 4 heteroatoms. The molecule has 0 aromatic heterocycles. The number of ether oxygens (including phenoxy) is 1. The standard InChI is InChI=1S/C14H18ClNO2/c15-11-5-6-14-10(7-11)8-13(17-14)9-16-18-12-3-1-2-4-12/h5-7,12-13,16H,1-4,8-9H2. The summed E-state index contributed by atoms with van der Waals surface area (Å²) < 4.78 is 5.83. The van der Waals surface area contributed by atoms with Gasteiger partial charge in [0.1, 0.15) is 11.9 Å². The van der Waals surface area contributed by atoms with Gasteiger partial charge in [-0.3, -0.25) is 4.84 Å². The van der Waals surface area contributed by atoms with E-state index in [1.54, 1.807) is 0 Å². The van der Waals surface area contributed by atoms with E-state index in [0.29, 0.717) is 6.10 Å². The van der Waals surface area contributed by atoms with Crippen LogP contribution in [-0.4, -0.2) is 18.8 Å². The van der Waals surface area contributed by atoms with Crippen LogP contribution in [0.2, 0.25) is 5.02 Å². The van der Waals surface area contributed by atoms with Gasteiger partial charge >= 0.3 is 0 Å². The van der Waals surface area contributed by atoms with Gasteiger partial charge in [0.25, 0.3) is 0 Å². The second kappa shape index (κ2) is 5.47. The zero-order valence-corrected chi connectivity index (χ0v) is 11.1. The lowest BCUT2D eigenvalue weighted by molar-refractivity contribution is -0.0320. The van der Waals surface area contributed by atoms with Crippen LogP contribution in [0.15, 0.2) is 18.2 Å². The van der Waals surface area contributed by atoms with E-state index in [1.807, 2.05) is 18.2 Å². The molecule has 2 aliphatic rings. The quantitative estimate of drug-likeness (QED) is 0.851. The molecule has 1 saturated carbocycles. The third-order valence-corrected chi connectivity index (χ3v) is 3.86. The Morgan fingerprint density at radius 2 is 2.17 bits per heavy atom. The van der Waals surface area contributed by atoms with Crippen LogP contribution in [0.4, 0.5) is 0 Å². The molecular weight excluding hydrogens is 250 g/mol. The van der Waals surface area contributed by atoms with Gasteiger partial charge < -0.3 is 4.74 Å². The molecular formula is C14H18ClNO2. The predicted octanol–water partition coefficient (Wildman–Crippen LogP) is 3.11. The Bertz CT molecular complexity index is 418. The average Bonchev–Trinajstić information content (AvgIpc) is 2.97. The molecule has 1 N–H and O–H groups in total. The Morgan fingerprint density at radius 3 is 3.00 bits per heavy atom. The molecule has 3 nitrogen and oxygen atoms in total. The summed E-state index contributed by atoms with van der Waals surface area (Å²) in [5, 5.41) is 0.771. The van der Waals surface area contributed by atoms with Crippen LogP contribution in [-0.2, 0) is 11.3 Å². The van der Waals surface area contributed by atoms with Crippen molar-refractivity contribution in [2.24, 2.45) is 0 Å². The highest BCUT2D eigenvalue weighted by Crippen LogP contribution is 2.30. The fourth-order valence-electron chi connectivity index (χ4n) is 2.67. The lowest BCUT2D eigenvalue weighted by atomic mass is 10.1. The first-order valence-electron chi connectivity index (χ1n) is 6.65. The number of halogens is 1. The van der Waals surface area contributed by atoms with E-state index in [9.17, 15) is 0 Å². The Morgan fingerprint density at radius 1 is 1.33 bits per heavy atom. The van der Waals surface area contributed by atoms with Crippen molar-refractivity contribution in [3.05, 3.63) is 28.8 Å². The molecule has 18 heavy (non-hydrogen) atoms. The molecule has 0 saturated heterocycles. The summed E-state index contributed by atoms with van der Waals surface area (Å²) >= 11 is 5.97. The third-order valence-electron chi connectivity index (χ3n) is 3.63. The highest BCUT2D eigenvalue weighted by atomic mass is 35.5. The molecule has 3 rings (SSSR count). The minimum absolute atomic E-state index is 0.153. The fraction of sp³-hybridized carbons (Fsp3) is 0.571. The Hall–Kier alpha value is -0.770. The maximum Gasteiger partial charge on any atom is 0.123 e. The molecule has 0 amide bonds. The van der Waals surface area contributed by atoms with Crippen LogP contribution in [0.5, 0.6) is 5.75 Å². The number of hydrogen-bond donors (Lipinski definition) is 1. The molecule has 0 bridgehead atoms. The van der Waals surface area contributed by atoms with Gasteiger partial charge in [-0.05, 0) is 36.6 Å². The molecule has 1 aliphatic heterocycles. The van der Waals surface area contributed by atoms with Gasteiger partial charge in [-0.1, -0.05) is 24.4 Å². The first-order chi connectivity index (χ1) is 8.81. The van der Waals surface area contributed by atoms with Crippen LogP contribution in [0, 0.1) is 0 Å². The smallest absolute Gasteiger partial charge is 0.123 e. The van der Waals surface area contributed by atoms with Crippen molar-refractivity contribution in [1.82, 2.24) is 5.48 Å². The van der Waals surface area contributed by atoms with Crippen molar-refractivity contribution in [2.75, 3.05) is 6.54 Å². The van der Waals surface area contributed by atoms with Gasteiger partial charge in [0.05, 0.1) is 12.6 Å². The number of rotatable bonds is 4. The number of hydroxylamine groups is 1. The highest BCUT2D eigenvalue weighted by Gasteiger charge is 2.23. The molecule has 0 spiro atoms. The second-order valence-electron chi connectivity index (χ2n) is 5.07. The van der Waals surface area contributed by atoms with Crippen molar-refractivity contribution < 1.29 is 9.57 Å². The minimum atomic E-state index is 0.153. The van der Waals surface area contributed by atoms with Gasteiger partial charge in [-0.25, -0.2) is 0 Å². The average molecular weight is 268 g/mol. The van der Waals surface area contributed by atoms with Crippen molar-refractivity contribution >= 4 is 11.6 Å². The molecule has 0 radical (unpaired) electrons.